The van der Waals surface area contributed by atoms with Crippen LogP contribution in [0, 0.1) is 0 Å². The molecule has 0 unspecified atom stereocenters. The molecule has 0 atom stereocenters. The van der Waals surface area contributed by atoms with Crippen molar-refractivity contribution in [2.24, 2.45) is 0 Å². The third-order valence-corrected chi connectivity index (χ3v) is 4.91. The molecule has 26 heavy (non-hydrogen) atoms. The Hall–Kier alpha value is -3.06. The number of benzene rings is 1. The van der Waals surface area contributed by atoms with Crippen molar-refractivity contribution in [3.05, 3.63) is 64.5 Å². The lowest BCUT2D eigenvalue weighted by molar-refractivity contribution is 0.0990. The van der Waals surface area contributed by atoms with Gasteiger partial charge >= 0.3 is 5.63 Å². The van der Waals surface area contributed by atoms with Gasteiger partial charge in [-0.3, -0.25) is 4.79 Å². The number of carbonyl (C=O) groups is 1. The zero-order chi connectivity index (χ0) is 18.8. The third kappa shape index (κ3) is 3.21. The molecule has 134 valence electrons. The van der Waals surface area contributed by atoms with Crippen LogP contribution in [-0.4, -0.2) is 24.7 Å². The first-order valence-corrected chi connectivity index (χ1v) is 8.69. The molecule has 6 nitrogen and oxygen atoms in total. The second kappa shape index (κ2) is 7.05. The summed E-state index contributed by atoms with van der Waals surface area (Å²) in [5, 5.41) is 10.1. The number of aliphatic hydroxyl groups excluding tert-OH is 1. The van der Waals surface area contributed by atoms with Gasteiger partial charge in [0, 0.05) is 13.1 Å². The van der Waals surface area contributed by atoms with E-state index in [1.807, 2.05) is 6.92 Å². The van der Waals surface area contributed by atoms with E-state index >= 15 is 0 Å². The number of carbonyl (C=O) groups excluding carboxylic acids is 1. The van der Waals surface area contributed by atoms with Gasteiger partial charge in [0.05, 0.1) is 16.9 Å². The summed E-state index contributed by atoms with van der Waals surface area (Å²) in [6.45, 7) is 5.66. The maximum atomic E-state index is 12.9. The number of hydrogen-bond acceptors (Lipinski definition) is 6. The standard InChI is InChI=1S/C19H17NO5S/c1-4-24-14-8-6-5-7-12(14)18(22)20(3)17-10-15-16(26-17)9-13(11(2)21)19(23)25-15/h5-10,21H,2,4H2,1,3H3. The zero-order valence-electron chi connectivity index (χ0n) is 14.3. The zero-order valence-corrected chi connectivity index (χ0v) is 15.1. The van der Waals surface area contributed by atoms with Crippen molar-refractivity contribution in [1.29, 1.82) is 0 Å². The van der Waals surface area contributed by atoms with E-state index in [-0.39, 0.29) is 17.2 Å². The highest BCUT2D eigenvalue weighted by Gasteiger charge is 2.20. The Morgan fingerprint density at radius 3 is 2.73 bits per heavy atom. The predicted octanol–water partition coefficient (Wildman–Crippen LogP) is 4.06. The summed E-state index contributed by atoms with van der Waals surface area (Å²) >= 11 is 1.27. The van der Waals surface area contributed by atoms with Gasteiger partial charge in [-0.05, 0) is 25.1 Å². The molecule has 1 N–H and O–H groups in total. The van der Waals surface area contributed by atoms with Crippen LogP contribution in [0.3, 0.4) is 0 Å². The highest BCUT2D eigenvalue weighted by molar-refractivity contribution is 7.22. The molecule has 0 saturated heterocycles. The molecule has 1 amide bonds. The van der Waals surface area contributed by atoms with Crippen LogP contribution in [0.1, 0.15) is 22.8 Å². The van der Waals surface area contributed by atoms with Crippen LogP contribution in [0.15, 0.2) is 52.2 Å². The van der Waals surface area contributed by atoms with Gasteiger partial charge in [0.15, 0.2) is 5.58 Å². The number of hydrogen-bond donors (Lipinski definition) is 1. The predicted molar refractivity (Wildman–Crippen MR) is 102 cm³/mol. The topological polar surface area (TPSA) is 80.0 Å². The lowest BCUT2D eigenvalue weighted by Crippen LogP contribution is -2.25. The normalized spacial score (nSPS) is 10.7. The summed E-state index contributed by atoms with van der Waals surface area (Å²) in [5.74, 6) is -0.0845. The molecule has 0 aliphatic rings. The number of para-hydroxylation sites is 1. The first kappa shape index (κ1) is 17.8. The van der Waals surface area contributed by atoms with Gasteiger partial charge in [0.2, 0.25) is 0 Å². The number of amides is 1. The molecule has 3 aromatic rings. The molecule has 1 aromatic carbocycles. The Morgan fingerprint density at radius 2 is 2.04 bits per heavy atom. The Bertz CT molecular complexity index is 1050. The van der Waals surface area contributed by atoms with Crippen LogP contribution in [0.2, 0.25) is 0 Å². The summed E-state index contributed by atoms with van der Waals surface area (Å²) < 4.78 is 11.4. The molecular formula is C19H17NO5S. The largest absolute Gasteiger partial charge is 0.508 e. The second-order valence-corrected chi connectivity index (χ2v) is 6.56. The molecule has 0 saturated carbocycles. The van der Waals surface area contributed by atoms with E-state index in [2.05, 4.69) is 6.58 Å². The number of anilines is 1. The number of rotatable bonds is 5. The summed E-state index contributed by atoms with van der Waals surface area (Å²) in [4.78, 5) is 26.2. The van der Waals surface area contributed by atoms with Gasteiger partial charge in [-0.1, -0.05) is 18.7 Å². The minimum absolute atomic E-state index is 0.00145. The molecule has 0 aliphatic carbocycles. The number of thiophene rings is 1. The third-order valence-electron chi connectivity index (χ3n) is 3.77. The van der Waals surface area contributed by atoms with Gasteiger partial charge < -0.3 is 19.2 Å². The fourth-order valence-corrected chi connectivity index (χ4v) is 3.46. The molecule has 0 aliphatic heterocycles. The van der Waals surface area contributed by atoms with Crippen molar-refractivity contribution in [2.45, 2.75) is 6.92 Å². The molecular weight excluding hydrogens is 354 g/mol. The minimum Gasteiger partial charge on any atom is -0.508 e. The highest BCUT2D eigenvalue weighted by Crippen LogP contribution is 2.33. The molecule has 0 fully saturated rings. The molecule has 0 bridgehead atoms. The van der Waals surface area contributed by atoms with Crippen molar-refractivity contribution >= 4 is 38.3 Å². The van der Waals surface area contributed by atoms with Crippen LogP contribution >= 0.6 is 11.3 Å². The molecule has 0 radical (unpaired) electrons. The van der Waals surface area contributed by atoms with E-state index in [1.165, 1.54) is 22.3 Å². The fourth-order valence-electron chi connectivity index (χ4n) is 2.47. The molecule has 3 rings (SSSR count). The van der Waals surface area contributed by atoms with Gasteiger partial charge in [0.1, 0.15) is 22.1 Å². The van der Waals surface area contributed by atoms with Crippen LogP contribution in [-0.2, 0) is 0 Å². The monoisotopic (exact) mass is 371 g/mol. The highest BCUT2D eigenvalue weighted by atomic mass is 32.1. The maximum Gasteiger partial charge on any atom is 0.347 e. The van der Waals surface area contributed by atoms with Crippen molar-refractivity contribution in [2.75, 3.05) is 18.6 Å². The number of fused-ring (bicyclic) bond motifs is 1. The lowest BCUT2D eigenvalue weighted by atomic mass is 10.2. The lowest BCUT2D eigenvalue weighted by Gasteiger charge is -2.17. The van der Waals surface area contributed by atoms with E-state index in [1.54, 1.807) is 37.4 Å². The molecule has 2 heterocycles. The average molecular weight is 371 g/mol. The Kier molecular flexibility index (Phi) is 4.81. The second-order valence-electron chi connectivity index (χ2n) is 5.50. The SMILES string of the molecule is C=C(O)c1cc2sc(N(C)C(=O)c3ccccc3OCC)cc2oc1=O. The summed E-state index contributed by atoms with van der Waals surface area (Å²) in [7, 11) is 1.64. The Labute approximate surface area is 153 Å². The maximum absolute atomic E-state index is 12.9. The van der Waals surface area contributed by atoms with Crippen molar-refractivity contribution < 1.29 is 19.1 Å². The van der Waals surface area contributed by atoms with Gasteiger partial charge in [-0.15, -0.1) is 11.3 Å². The first-order valence-electron chi connectivity index (χ1n) is 7.88. The quantitative estimate of drug-likeness (QED) is 0.684. The van der Waals surface area contributed by atoms with Gasteiger partial charge in [-0.2, -0.15) is 0 Å². The van der Waals surface area contributed by atoms with Crippen LogP contribution in [0.5, 0.6) is 5.75 Å². The van der Waals surface area contributed by atoms with E-state index in [0.29, 0.717) is 33.2 Å². The van der Waals surface area contributed by atoms with Crippen LogP contribution in [0.25, 0.3) is 16.0 Å². The summed E-state index contributed by atoms with van der Waals surface area (Å²) in [6, 6.07) is 10.1. The van der Waals surface area contributed by atoms with Crippen LogP contribution in [0.4, 0.5) is 5.00 Å². The van der Waals surface area contributed by atoms with E-state index < -0.39 is 5.63 Å². The molecule has 2 aromatic heterocycles. The van der Waals surface area contributed by atoms with E-state index in [0.717, 1.165) is 0 Å². The molecule has 7 heteroatoms. The number of aliphatic hydroxyl groups is 1. The van der Waals surface area contributed by atoms with E-state index in [9.17, 15) is 14.7 Å². The smallest absolute Gasteiger partial charge is 0.347 e. The summed E-state index contributed by atoms with van der Waals surface area (Å²) in [6.07, 6.45) is 0. The van der Waals surface area contributed by atoms with Crippen molar-refractivity contribution in [3.8, 4) is 5.75 Å². The average Bonchev–Trinajstić information content (AvgIpc) is 3.03. The number of ether oxygens (including phenoxy) is 1. The molecule has 0 spiro atoms. The van der Waals surface area contributed by atoms with Crippen molar-refractivity contribution in [3.63, 3.8) is 0 Å². The summed E-state index contributed by atoms with van der Waals surface area (Å²) in [5.41, 5.74) is 0.115. The number of nitrogens with zero attached hydrogens (tertiary/aromatic N) is 1. The van der Waals surface area contributed by atoms with Gasteiger partial charge in [-0.25, -0.2) is 4.79 Å². The van der Waals surface area contributed by atoms with Gasteiger partial charge in [0.25, 0.3) is 5.91 Å². The Balaban J connectivity index is 2.00. The first-order chi connectivity index (χ1) is 12.4. The van der Waals surface area contributed by atoms with Crippen LogP contribution < -0.4 is 15.3 Å². The fraction of sp³-hybridized carbons (Fsp3) is 0.158. The van der Waals surface area contributed by atoms with Crippen molar-refractivity contribution in [1.82, 2.24) is 0 Å². The minimum atomic E-state index is -0.676. The Morgan fingerprint density at radius 1 is 1.31 bits per heavy atom. The van der Waals surface area contributed by atoms with E-state index in [4.69, 9.17) is 9.15 Å².